The molecule has 4 heteroatoms. The second-order valence-electron chi connectivity index (χ2n) is 5.73. The van der Waals surface area contributed by atoms with E-state index in [1.165, 1.54) is 17.7 Å². The van der Waals surface area contributed by atoms with Crippen molar-refractivity contribution in [1.29, 1.82) is 0 Å². The standard InChI is InChI=1S/C17H15BrF2O/c18-14-3-1-12-9-17(21,6-5-11(12)7-14)10-13-2-4-15(19)8-16(13)20/h1-4,7-8,21H,5-6,9-10H2. The van der Waals surface area contributed by atoms with Gasteiger partial charge in [-0.3, -0.25) is 0 Å². The minimum atomic E-state index is -0.973. The number of hydrogen-bond donors (Lipinski definition) is 1. The van der Waals surface area contributed by atoms with E-state index in [1.807, 2.05) is 12.1 Å². The molecule has 1 unspecified atom stereocenters. The number of benzene rings is 2. The third-order valence-electron chi connectivity index (χ3n) is 4.08. The molecule has 1 N–H and O–H groups in total. The van der Waals surface area contributed by atoms with Gasteiger partial charge in [-0.25, -0.2) is 8.78 Å². The van der Waals surface area contributed by atoms with Crippen molar-refractivity contribution in [2.24, 2.45) is 0 Å². The lowest BCUT2D eigenvalue weighted by molar-refractivity contribution is 0.0259. The van der Waals surface area contributed by atoms with Crippen molar-refractivity contribution in [3.8, 4) is 0 Å². The third kappa shape index (κ3) is 3.16. The van der Waals surface area contributed by atoms with Crippen LogP contribution in [-0.2, 0) is 19.3 Å². The molecule has 1 aliphatic carbocycles. The fourth-order valence-electron chi connectivity index (χ4n) is 2.98. The second-order valence-corrected chi connectivity index (χ2v) is 6.64. The molecule has 0 heterocycles. The predicted octanol–water partition coefficient (Wildman–Crippen LogP) is 4.19. The molecular weight excluding hydrogens is 338 g/mol. The molecular formula is C17H15BrF2O. The molecule has 21 heavy (non-hydrogen) atoms. The molecule has 1 nitrogen and oxygen atoms in total. The molecule has 0 amide bonds. The van der Waals surface area contributed by atoms with Gasteiger partial charge >= 0.3 is 0 Å². The molecule has 1 aliphatic rings. The average Bonchev–Trinajstić information content (AvgIpc) is 2.43. The van der Waals surface area contributed by atoms with Gasteiger partial charge in [-0.15, -0.1) is 0 Å². The Labute approximate surface area is 130 Å². The van der Waals surface area contributed by atoms with E-state index in [0.717, 1.165) is 22.5 Å². The van der Waals surface area contributed by atoms with Crippen molar-refractivity contribution in [3.63, 3.8) is 0 Å². The molecule has 2 aromatic carbocycles. The number of rotatable bonds is 2. The van der Waals surface area contributed by atoms with Gasteiger partial charge in [0.2, 0.25) is 0 Å². The van der Waals surface area contributed by atoms with E-state index in [2.05, 4.69) is 22.0 Å². The molecule has 3 rings (SSSR count). The maximum Gasteiger partial charge on any atom is 0.129 e. The van der Waals surface area contributed by atoms with Crippen LogP contribution in [-0.4, -0.2) is 10.7 Å². The van der Waals surface area contributed by atoms with E-state index in [9.17, 15) is 13.9 Å². The molecule has 1 atom stereocenters. The van der Waals surface area contributed by atoms with Crippen molar-refractivity contribution in [2.45, 2.75) is 31.3 Å². The third-order valence-corrected chi connectivity index (χ3v) is 4.58. The summed E-state index contributed by atoms with van der Waals surface area (Å²) >= 11 is 3.44. The highest BCUT2D eigenvalue weighted by atomic mass is 79.9. The monoisotopic (exact) mass is 352 g/mol. The van der Waals surface area contributed by atoms with Gasteiger partial charge in [0.05, 0.1) is 5.60 Å². The number of halogens is 3. The van der Waals surface area contributed by atoms with E-state index < -0.39 is 17.2 Å². The summed E-state index contributed by atoms with van der Waals surface area (Å²) in [4.78, 5) is 0. The predicted molar refractivity (Wildman–Crippen MR) is 81.2 cm³/mol. The molecule has 0 saturated heterocycles. The summed E-state index contributed by atoms with van der Waals surface area (Å²) in [5.41, 5.74) is 1.70. The highest BCUT2D eigenvalue weighted by Gasteiger charge is 2.33. The minimum Gasteiger partial charge on any atom is -0.389 e. The van der Waals surface area contributed by atoms with Crippen LogP contribution < -0.4 is 0 Å². The van der Waals surface area contributed by atoms with Gasteiger partial charge in [-0.1, -0.05) is 28.1 Å². The van der Waals surface area contributed by atoms with Crippen LogP contribution in [0, 0.1) is 11.6 Å². The van der Waals surface area contributed by atoms with Gasteiger partial charge in [0.25, 0.3) is 0 Å². The summed E-state index contributed by atoms with van der Waals surface area (Å²) in [6.07, 6.45) is 2.03. The average molecular weight is 353 g/mol. The van der Waals surface area contributed by atoms with Gasteiger partial charge in [0, 0.05) is 23.4 Å². The molecule has 2 aromatic rings. The molecule has 0 fully saturated rings. The van der Waals surface area contributed by atoms with E-state index in [0.29, 0.717) is 18.4 Å². The van der Waals surface area contributed by atoms with Crippen molar-refractivity contribution in [2.75, 3.05) is 0 Å². The minimum absolute atomic E-state index is 0.203. The first-order valence-corrected chi connectivity index (χ1v) is 7.68. The van der Waals surface area contributed by atoms with Gasteiger partial charge in [-0.2, -0.15) is 0 Å². The largest absolute Gasteiger partial charge is 0.389 e. The summed E-state index contributed by atoms with van der Waals surface area (Å²) in [5.74, 6) is -1.19. The Kier molecular flexibility index (Phi) is 3.84. The van der Waals surface area contributed by atoms with E-state index in [1.54, 1.807) is 0 Å². The molecule has 110 valence electrons. The normalized spacial score (nSPS) is 21.1. The Balaban J connectivity index is 1.84. The van der Waals surface area contributed by atoms with E-state index in [-0.39, 0.29) is 6.42 Å². The molecule has 0 saturated carbocycles. The van der Waals surface area contributed by atoms with Crippen LogP contribution in [0.15, 0.2) is 40.9 Å². The van der Waals surface area contributed by atoms with E-state index >= 15 is 0 Å². The van der Waals surface area contributed by atoms with Crippen LogP contribution in [0.5, 0.6) is 0 Å². The van der Waals surface area contributed by atoms with Crippen molar-refractivity contribution >= 4 is 15.9 Å². The van der Waals surface area contributed by atoms with Crippen molar-refractivity contribution in [1.82, 2.24) is 0 Å². The van der Waals surface area contributed by atoms with Crippen LogP contribution in [0.4, 0.5) is 8.78 Å². The van der Waals surface area contributed by atoms with Crippen LogP contribution in [0.2, 0.25) is 0 Å². The second kappa shape index (κ2) is 5.50. The topological polar surface area (TPSA) is 20.2 Å². The zero-order valence-corrected chi connectivity index (χ0v) is 13.0. The highest BCUT2D eigenvalue weighted by Crippen LogP contribution is 2.33. The number of fused-ring (bicyclic) bond motifs is 1. The lowest BCUT2D eigenvalue weighted by Gasteiger charge is -2.34. The Morgan fingerprint density at radius 1 is 1.10 bits per heavy atom. The van der Waals surface area contributed by atoms with Gasteiger partial charge in [0.1, 0.15) is 11.6 Å². The van der Waals surface area contributed by atoms with Gasteiger partial charge in [-0.05, 0) is 47.7 Å². The SMILES string of the molecule is OC1(Cc2ccc(F)cc2F)CCc2cc(Br)ccc2C1. The number of aliphatic hydroxyl groups is 1. The summed E-state index contributed by atoms with van der Waals surface area (Å²) in [5, 5.41) is 10.8. The molecule has 0 radical (unpaired) electrons. The number of aryl methyl sites for hydroxylation is 1. The molecule has 0 aromatic heterocycles. The fraction of sp³-hybridized carbons (Fsp3) is 0.294. The zero-order chi connectivity index (χ0) is 15.0. The Bertz CT molecular complexity index is 686. The maximum absolute atomic E-state index is 13.8. The van der Waals surface area contributed by atoms with E-state index in [4.69, 9.17) is 0 Å². The Morgan fingerprint density at radius 3 is 2.67 bits per heavy atom. The van der Waals surface area contributed by atoms with Gasteiger partial charge in [0.15, 0.2) is 0 Å². The maximum atomic E-state index is 13.8. The summed E-state index contributed by atoms with van der Waals surface area (Å²) in [6, 6.07) is 9.52. The fourth-order valence-corrected chi connectivity index (χ4v) is 3.39. The summed E-state index contributed by atoms with van der Waals surface area (Å²) in [6.45, 7) is 0. The molecule has 0 aliphatic heterocycles. The van der Waals surface area contributed by atoms with Crippen LogP contribution >= 0.6 is 15.9 Å². The first-order valence-electron chi connectivity index (χ1n) is 6.89. The first kappa shape index (κ1) is 14.7. The Hall–Kier alpha value is -1.26. The quantitative estimate of drug-likeness (QED) is 0.859. The van der Waals surface area contributed by atoms with Crippen LogP contribution in [0.25, 0.3) is 0 Å². The summed E-state index contributed by atoms with van der Waals surface area (Å²) < 4.78 is 27.7. The van der Waals surface area contributed by atoms with Crippen LogP contribution in [0.3, 0.4) is 0 Å². The highest BCUT2D eigenvalue weighted by molar-refractivity contribution is 9.10. The van der Waals surface area contributed by atoms with Gasteiger partial charge < -0.3 is 5.11 Å². The lowest BCUT2D eigenvalue weighted by atomic mass is 9.77. The smallest absolute Gasteiger partial charge is 0.129 e. The molecule has 0 spiro atoms. The summed E-state index contributed by atoms with van der Waals surface area (Å²) in [7, 11) is 0. The van der Waals surface area contributed by atoms with Crippen molar-refractivity contribution in [3.05, 3.63) is 69.2 Å². The van der Waals surface area contributed by atoms with Crippen molar-refractivity contribution < 1.29 is 13.9 Å². The Morgan fingerprint density at radius 2 is 1.90 bits per heavy atom. The lowest BCUT2D eigenvalue weighted by Crippen LogP contribution is -2.38. The zero-order valence-electron chi connectivity index (χ0n) is 11.4. The van der Waals surface area contributed by atoms with Crippen LogP contribution in [0.1, 0.15) is 23.1 Å². The number of hydrogen-bond acceptors (Lipinski definition) is 1. The molecule has 0 bridgehead atoms. The first-order chi connectivity index (χ1) is 9.95.